The first-order valence-electron chi connectivity index (χ1n) is 6.32. The van der Waals surface area contributed by atoms with Gasteiger partial charge in [-0.2, -0.15) is 0 Å². The fraction of sp³-hybridized carbons (Fsp3) is 0.917. The molecule has 4 N–H and O–H groups in total. The number of carbonyl (C=O) groups is 1. The zero-order chi connectivity index (χ0) is 12.2. The van der Waals surface area contributed by atoms with Crippen LogP contribution in [0.25, 0.3) is 0 Å². The molecule has 0 fully saturated rings. The Hall–Kier alpha value is -0.610. The number of hydrogen-bond donors (Lipinski definition) is 2. The standard InChI is InChI=1S/C12H26N2O2/c1-2-3-4-5-6-7-11(14)8-9-16-12(15)10-13/h11H,2-10,13-14H2,1H3. The van der Waals surface area contributed by atoms with Crippen LogP contribution >= 0.6 is 0 Å². The second-order valence-corrected chi connectivity index (χ2v) is 4.18. The zero-order valence-electron chi connectivity index (χ0n) is 10.4. The molecule has 16 heavy (non-hydrogen) atoms. The Morgan fingerprint density at radius 1 is 1.19 bits per heavy atom. The van der Waals surface area contributed by atoms with Crippen molar-refractivity contribution in [1.82, 2.24) is 0 Å². The minimum Gasteiger partial charge on any atom is -0.465 e. The van der Waals surface area contributed by atoms with Gasteiger partial charge in [0.25, 0.3) is 0 Å². The highest BCUT2D eigenvalue weighted by Gasteiger charge is 2.04. The van der Waals surface area contributed by atoms with Crippen LogP contribution in [0.3, 0.4) is 0 Å². The Kier molecular flexibility index (Phi) is 10.5. The van der Waals surface area contributed by atoms with Crippen molar-refractivity contribution in [3.8, 4) is 0 Å². The monoisotopic (exact) mass is 230 g/mol. The molecule has 0 aliphatic heterocycles. The van der Waals surface area contributed by atoms with Gasteiger partial charge in [0.15, 0.2) is 0 Å². The van der Waals surface area contributed by atoms with Crippen LogP contribution < -0.4 is 11.5 Å². The molecule has 4 heteroatoms. The molecule has 0 radical (unpaired) electrons. The molecule has 0 aromatic carbocycles. The van der Waals surface area contributed by atoms with Gasteiger partial charge < -0.3 is 16.2 Å². The largest absolute Gasteiger partial charge is 0.465 e. The van der Waals surface area contributed by atoms with E-state index in [1.807, 2.05) is 0 Å². The van der Waals surface area contributed by atoms with Crippen molar-refractivity contribution in [3.63, 3.8) is 0 Å². The molecule has 0 heterocycles. The fourth-order valence-electron chi connectivity index (χ4n) is 1.54. The third-order valence-corrected chi connectivity index (χ3v) is 2.60. The molecular weight excluding hydrogens is 204 g/mol. The van der Waals surface area contributed by atoms with Gasteiger partial charge in [0, 0.05) is 6.04 Å². The molecule has 0 aliphatic rings. The first kappa shape index (κ1) is 15.4. The Balaban J connectivity index is 3.24. The molecule has 0 aromatic rings. The SMILES string of the molecule is CCCCCCCC(N)CCOC(=O)CN. The summed E-state index contributed by atoms with van der Waals surface area (Å²) in [5.41, 5.74) is 11.0. The lowest BCUT2D eigenvalue weighted by molar-refractivity contribution is -0.142. The maximum Gasteiger partial charge on any atom is 0.319 e. The second-order valence-electron chi connectivity index (χ2n) is 4.18. The Bertz CT molecular complexity index is 174. The van der Waals surface area contributed by atoms with Gasteiger partial charge in [0.2, 0.25) is 0 Å². The molecule has 0 aliphatic carbocycles. The van der Waals surface area contributed by atoms with Gasteiger partial charge in [0.1, 0.15) is 0 Å². The molecule has 0 bridgehead atoms. The Labute approximate surface area is 98.7 Å². The average molecular weight is 230 g/mol. The summed E-state index contributed by atoms with van der Waals surface area (Å²) in [5, 5.41) is 0. The summed E-state index contributed by atoms with van der Waals surface area (Å²) in [6.07, 6.45) is 8.05. The van der Waals surface area contributed by atoms with Crippen molar-refractivity contribution >= 4 is 5.97 Å². The van der Waals surface area contributed by atoms with Gasteiger partial charge in [-0.25, -0.2) is 0 Å². The van der Waals surface area contributed by atoms with Gasteiger partial charge in [-0.3, -0.25) is 4.79 Å². The predicted molar refractivity (Wildman–Crippen MR) is 66.0 cm³/mol. The number of rotatable bonds is 10. The van der Waals surface area contributed by atoms with Gasteiger partial charge in [-0.05, 0) is 12.8 Å². The molecule has 0 saturated carbocycles. The van der Waals surface area contributed by atoms with Crippen LogP contribution in [0, 0.1) is 0 Å². The number of ether oxygens (including phenoxy) is 1. The molecule has 1 unspecified atom stereocenters. The topological polar surface area (TPSA) is 78.3 Å². The van der Waals surface area contributed by atoms with Gasteiger partial charge in [0.05, 0.1) is 13.2 Å². The summed E-state index contributed by atoms with van der Waals surface area (Å²) in [7, 11) is 0. The number of nitrogens with two attached hydrogens (primary N) is 2. The van der Waals surface area contributed by atoms with Crippen molar-refractivity contribution in [2.45, 2.75) is 57.9 Å². The third kappa shape index (κ3) is 9.93. The third-order valence-electron chi connectivity index (χ3n) is 2.60. The number of carbonyl (C=O) groups excluding carboxylic acids is 1. The first-order valence-corrected chi connectivity index (χ1v) is 6.32. The molecule has 4 nitrogen and oxygen atoms in total. The molecular formula is C12H26N2O2. The normalized spacial score (nSPS) is 12.4. The van der Waals surface area contributed by atoms with Gasteiger partial charge in [-0.1, -0.05) is 39.0 Å². The van der Waals surface area contributed by atoms with E-state index in [2.05, 4.69) is 6.92 Å². The Morgan fingerprint density at radius 2 is 1.88 bits per heavy atom. The number of esters is 1. The summed E-state index contributed by atoms with van der Waals surface area (Å²) in [6, 6.07) is 0.146. The quantitative estimate of drug-likeness (QED) is 0.441. The summed E-state index contributed by atoms with van der Waals surface area (Å²) in [5.74, 6) is -0.352. The minimum atomic E-state index is -0.352. The molecule has 0 amide bonds. The van der Waals surface area contributed by atoms with Crippen molar-refractivity contribution in [2.24, 2.45) is 11.5 Å². The van der Waals surface area contributed by atoms with Crippen LogP contribution in [0.4, 0.5) is 0 Å². The highest BCUT2D eigenvalue weighted by Crippen LogP contribution is 2.07. The predicted octanol–water partition coefficient (Wildman–Crippen LogP) is 1.57. The van der Waals surface area contributed by atoms with Crippen LogP contribution in [-0.2, 0) is 9.53 Å². The van der Waals surface area contributed by atoms with Crippen molar-refractivity contribution in [1.29, 1.82) is 0 Å². The van der Waals surface area contributed by atoms with E-state index < -0.39 is 0 Å². The van der Waals surface area contributed by atoms with Crippen LogP contribution in [-0.4, -0.2) is 25.2 Å². The summed E-state index contributed by atoms with van der Waals surface area (Å²) in [6.45, 7) is 2.55. The van der Waals surface area contributed by atoms with Crippen LogP contribution in [0.15, 0.2) is 0 Å². The van der Waals surface area contributed by atoms with Crippen LogP contribution in [0.2, 0.25) is 0 Å². The minimum absolute atomic E-state index is 0.0493. The fourth-order valence-corrected chi connectivity index (χ4v) is 1.54. The molecule has 0 aromatic heterocycles. The van der Waals surface area contributed by atoms with Crippen molar-refractivity contribution in [3.05, 3.63) is 0 Å². The highest BCUT2D eigenvalue weighted by molar-refractivity contribution is 5.71. The maximum atomic E-state index is 10.7. The van der Waals surface area contributed by atoms with Crippen LogP contribution in [0.5, 0.6) is 0 Å². The van der Waals surface area contributed by atoms with E-state index in [1.165, 1.54) is 32.1 Å². The lowest BCUT2D eigenvalue weighted by Gasteiger charge is -2.11. The van der Waals surface area contributed by atoms with Crippen molar-refractivity contribution < 1.29 is 9.53 Å². The Morgan fingerprint density at radius 3 is 2.50 bits per heavy atom. The molecule has 1 atom stereocenters. The average Bonchev–Trinajstić information content (AvgIpc) is 2.28. The maximum absolute atomic E-state index is 10.7. The number of hydrogen-bond acceptors (Lipinski definition) is 4. The van der Waals surface area contributed by atoms with E-state index in [1.54, 1.807) is 0 Å². The first-order chi connectivity index (χ1) is 7.70. The summed E-state index contributed by atoms with van der Waals surface area (Å²) < 4.78 is 4.86. The molecule has 0 saturated heterocycles. The van der Waals surface area contributed by atoms with E-state index in [0.29, 0.717) is 6.61 Å². The number of unbranched alkanes of at least 4 members (excludes halogenated alkanes) is 4. The smallest absolute Gasteiger partial charge is 0.319 e. The zero-order valence-corrected chi connectivity index (χ0v) is 10.4. The van der Waals surface area contributed by atoms with E-state index in [9.17, 15) is 4.79 Å². The van der Waals surface area contributed by atoms with E-state index >= 15 is 0 Å². The van der Waals surface area contributed by atoms with E-state index in [-0.39, 0.29) is 18.6 Å². The molecule has 0 spiro atoms. The lowest BCUT2D eigenvalue weighted by Crippen LogP contribution is -2.24. The molecule has 96 valence electrons. The van der Waals surface area contributed by atoms with Gasteiger partial charge >= 0.3 is 5.97 Å². The summed E-state index contributed by atoms with van der Waals surface area (Å²) >= 11 is 0. The lowest BCUT2D eigenvalue weighted by atomic mass is 10.1. The van der Waals surface area contributed by atoms with E-state index in [4.69, 9.17) is 16.2 Å². The van der Waals surface area contributed by atoms with E-state index in [0.717, 1.165) is 12.8 Å². The second kappa shape index (κ2) is 10.9. The van der Waals surface area contributed by atoms with Crippen LogP contribution in [0.1, 0.15) is 51.9 Å². The summed E-state index contributed by atoms with van der Waals surface area (Å²) in [4.78, 5) is 10.7. The molecule has 0 rings (SSSR count). The van der Waals surface area contributed by atoms with Gasteiger partial charge in [-0.15, -0.1) is 0 Å². The highest BCUT2D eigenvalue weighted by atomic mass is 16.5. The van der Waals surface area contributed by atoms with Crippen molar-refractivity contribution in [2.75, 3.05) is 13.2 Å².